The number of nitrogens with one attached hydrogen (secondary N) is 1. The van der Waals surface area contributed by atoms with Gasteiger partial charge in [0, 0.05) is 37.9 Å². The standard InChI is InChI=1S/C24H18BrCl2N3O2/c25-18-6-2-7-19(13-18)32-15-16-4-1-5-17(12-16)24(31)28-23-10-11-30(29-23)14-20-21(26)8-3-9-22(20)27/h1-13H,14-15H2,(H,28,29,31). The van der Waals surface area contributed by atoms with Crippen molar-refractivity contribution in [1.82, 2.24) is 9.78 Å². The van der Waals surface area contributed by atoms with Gasteiger partial charge in [0.05, 0.1) is 6.54 Å². The summed E-state index contributed by atoms with van der Waals surface area (Å²) >= 11 is 15.9. The summed E-state index contributed by atoms with van der Waals surface area (Å²) in [6, 6.07) is 22.0. The Labute approximate surface area is 204 Å². The van der Waals surface area contributed by atoms with E-state index < -0.39 is 0 Å². The molecule has 0 saturated carbocycles. The van der Waals surface area contributed by atoms with Crippen LogP contribution in [0.1, 0.15) is 21.5 Å². The molecule has 0 fully saturated rings. The Kier molecular flexibility index (Phi) is 7.15. The topological polar surface area (TPSA) is 56.2 Å². The van der Waals surface area contributed by atoms with Gasteiger partial charge in [0.25, 0.3) is 5.91 Å². The number of aromatic nitrogens is 2. The van der Waals surface area contributed by atoms with Crippen LogP contribution in [0.5, 0.6) is 5.75 Å². The molecule has 0 spiro atoms. The van der Waals surface area contributed by atoms with Gasteiger partial charge in [-0.05, 0) is 48.0 Å². The average Bonchev–Trinajstić information content (AvgIpc) is 3.22. The van der Waals surface area contributed by atoms with Gasteiger partial charge in [0.2, 0.25) is 0 Å². The average molecular weight is 531 g/mol. The van der Waals surface area contributed by atoms with Crippen LogP contribution < -0.4 is 10.1 Å². The summed E-state index contributed by atoms with van der Waals surface area (Å²) < 4.78 is 8.42. The number of halogens is 3. The molecule has 1 heterocycles. The molecule has 0 aliphatic heterocycles. The van der Waals surface area contributed by atoms with Gasteiger partial charge < -0.3 is 10.1 Å². The minimum atomic E-state index is -0.254. The van der Waals surface area contributed by atoms with Crippen LogP contribution in [0.4, 0.5) is 5.82 Å². The lowest BCUT2D eigenvalue weighted by Crippen LogP contribution is -2.13. The first-order valence-corrected chi connectivity index (χ1v) is 11.3. The van der Waals surface area contributed by atoms with Crippen molar-refractivity contribution >= 4 is 50.9 Å². The third-order valence-electron chi connectivity index (χ3n) is 4.65. The number of amides is 1. The third kappa shape index (κ3) is 5.71. The summed E-state index contributed by atoms with van der Waals surface area (Å²) in [7, 11) is 0. The fourth-order valence-corrected chi connectivity index (χ4v) is 3.97. The normalized spacial score (nSPS) is 10.7. The number of nitrogens with zero attached hydrogens (tertiary/aromatic N) is 2. The summed E-state index contributed by atoms with van der Waals surface area (Å²) in [5.74, 6) is 0.933. The highest BCUT2D eigenvalue weighted by molar-refractivity contribution is 9.10. The summed E-state index contributed by atoms with van der Waals surface area (Å²) in [5.41, 5.74) is 2.18. The van der Waals surface area contributed by atoms with Crippen LogP contribution >= 0.6 is 39.1 Å². The maximum absolute atomic E-state index is 12.7. The number of benzene rings is 3. The van der Waals surface area contributed by atoms with E-state index in [1.54, 1.807) is 47.3 Å². The molecule has 0 radical (unpaired) electrons. The van der Waals surface area contributed by atoms with Crippen LogP contribution in [-0.4, -0.2) is 15.7 Å². The number of anilines is 1. The van der Waals surface area contributed by atoms with Gasteiger partial charge in [0.15, 0.2) is 5.82 Å². The summed E-state index contributed by atoms with van der Waals surface area (Å²) in [6.45, 7) is 0.752. The summed E-state index contributed by atoms with van der Waals surface area (Å²) in [4.78, 5) is 12.7. The van der Waals surface area contributed by atoms with E-state index in [4.69, 9.17) is 27.9 Å². The Morgan fingerprint density at radius 3 is 2.53 bits per heavy atom. The van der Waals surface area contributed by atoms with Crippen LogP contribution in [0.15, 0.2) is 83.5 Å². The zero-order chi connectivity index (χ0) is 22.5. The molecular formula is C24H18BrCl2N3O2. The number of carbonyl (C=O) groups is 1. The lowest BCUT2D eigenvalue weighted by Gasteiger charge is -2.09. The van der Waals surface area contributed by atoms with Gasteiger partial charge in [0.1, 0.15) is 12.4 Å². The van der Waals surface area contributed by atoms with Crippen LogP contribution in [0.2, 0.25) is 10.0 Å². The quantitative estimate of drug-likeness (QED) is 0.285. The van der Waals surface area contributed by atoms with E-state index in [1.807, 2.05) is 36.4 Å². The van der Waals surface area contributed by atoms with Gasteiger partial charge in [-0.2, -0.15) is 5.10 Å². The molecule has 32 heavy (non-hydrogen) atoms. The lowest BCUT2D eigenvalue weighted by molar-refractivity contribution is 0.102. The monoisotopic (exact) mass is 529 g/mol. The SMILES string of the molecule is O=C(Nc1ccn(Cc2c(Cl)cccc2Cl)n1)c1cccc(COc2cccc(Br)c2)c1. The van der Waals surface area contributed by atoms with Crippen molar-refractivity contribution < 1.29 is 9.53 Å². The van der Waals surface area contributed by atoms with Crippen LogP contribution in [0.25, 0.3) is 0 Å². The Hall–Kier alpha value is -2.80. The molecule has 0 bridgehead atoms. The van der Waals surface area contributed by atoms with Crippen molar-refractivity contribution in [3.8, 4) is 5.75 Å². The predicted octanol–water partition coefficient (Wildman–Crippen LogP) is 6.83. The lowest BCUT2D eigenvalue weighted by atomic mass is 10.1. The Balaban J connectivity index is 1.39. The molecule has 0 unspecified atom stereocenters. The molecule has 4 aromatic rings. The van der Waals surface area contributed by atoms with Crippen LogP contribution in [0.3, 0.4) is 0 Å². The molecule has 1 N–H and O–H groups in total. The summed E-state index contributed by atoms with van der Waals surface area (Å²) in [5, 5.41) is 8.36. The van der Waals surface area contributed by atoms with E-state index in [-0.39, 0.29) is 5.91 Å². The second-order valence-corrected chi connectivity index (χ2v) is 8.73. The molecule has 1 aromatic heterocycles. The van der Waals surface area contributed by atoms with Crippen molar-refractivity contribution in [2.24, 2.45) is 0 Å². The highest BCUT2D eigenvalue weighted by Gasteiger charge is 2.11. The molecule has 5 nitrogen and oxygen atoms in total. The van der Waals surface area contributed by atoms with E-state index in [2.05, 4.69) is 26.3 Å². The highest BCUT2D eigenvalue weighted by Crippen LogP contribution is 2.25. The van der Waals surface area contributed by atoms with E-state index in [9.17, 15) is 4.79 Å². The van der Waals surface area contributed by atoms with Crippen molar-refractivity contribution in [2.45, 2.75) is 13.2 Å². The highest BCUT2D eigenvalue weighted by atomic mass is 79.9. The predicted molar refractivity (Wildman–Crippen MR) is 131 cm³/mol. The van der Waals surface area contributed by atoms with Crippen molar-refractivity contribution in [1.29, 1.82) is 0 Å². The van der Waals surface area contributed by atoms with Gasteiger partial charge in [-0.15, -0.1) is 0 Å². The van der Waals surface area contributed by atoms with E-state index in [0.29, 0.717) is 34.6 Å². The molecule has 8 heteroatoms. The first-order chi connectivity index (χ1) is 15.5. The zero-order valence-electron chi connectivity index (χ0n) is 16.8. The molecule has 3 aromatic carbocycles. The molecule has 4 rings (SSSR count). The number of hydrogen-bond acceptors (Lipinski definition) is 3. The number of ether oxygens (including phenoxy) is 1. The molecule has 0 atom stereocenters. The van der Waals surface area contributed by atoms with E-state index in [0.717, 1.165) is 21.3 Å². The first kappa shape index (κ1) is 22.4. The minimum absolute atomic E-state index is 0.254. The first-order valence-electron chi connectivity index (χ1n) is 9.73. The second kappa shape index (κ2) is 10.2. The fraction of sp³-hybridized carbons (Fsp3) is 0.0833. The Bertz CT molecular complexity index is 1240. The summed E-state index contributed by atoms with van der Waals surface area (Å²) in [6.07, 6.45) is 1.76. The molecule has 1 amide bonds. The Morgan fingerprint density at radius 2 is 1.75 bits per heavy atom. The van der Waals surface area contributed by atoms with Crippen LogP contribution in [0, 0.1) is 0 Å². The molecule has 162 valence electrons. The second-order valence-electron chi connectivity index (χ2n) is 7.00. The number of carbonyl (C=O) groups excluding carboxylic acids is 1. The van der Waals surface area contributed by atoms with E-state index >= 15 is 0 Å². The fourth-order valence-electron chi connectivity index (χ4n) is 3.08. The van der Waals surface area contributed by atoms with Crippen molar-refractivity contribution in [2.75, 3.05) is 5.32 Å². The number of hydrogen-bond donors (Lipinski definition) is 1. The third-order valence-corrected chi connectivity index (χ3v) is 5.86. The largest absolute Gasteiger partial charge is 0.489 e. The molecule has 0 aliphatic carbocycles. The maximum Gasteiger partial charge on any atom is 0.256 e. The number of rotatable bonds is 7. The van der Waals surface area contributed by atoms with Crippen LogP contribution in [-0.2, 0) is 13.2 Å². The molecule has 0 saturated heterocycles. The van der Waals surface area contributed by atoms with E-state index in [1.165, 1.54) is 0 Å². The molecular weight excluding hydrogens is 513 g/mol. The van der Waals surface area contributed by atoms with Crippen molar-refractivity contribution in [3.63, 3.8) is 0 Å². The van der Waals surface area contributed by atoms with Gasteiger partial charge in [-0.25, -0.2) is 0 Å². The maximum atomic E-state index is 12.7. The molecule has 0 aliphatic rings. The minimum Gasteiger partial charge on any atom is -0.489 e. The smallest absolute Gasteiger partial charge is 0.256 e. The zero-order valence-corrected chi connectivity index (χ0v) is 19.9. The van der Waals surface area contributed by atoms with Gasteiger partial charge in [-0.1, -0.05) is 63.4 Å². The van der Waals surface area contributed by atoms with Gasteiger partial charge >= 0.3 is 0 Å². The van der Waals surface area contributed by atoms with Crippen molar-refractivity contribution in [3.05, 3.63) is 110 Å². The Morgan fingerprint density at radius 1 is 1.00 bits per heavy atom. The van der Waals surface area contributed by atoms with Gasteiger partial charge in [-0.3, -0.25) is 9.48 Å².